The van der Waals surface area contributed by atoms with Gasteiger partial charge in [0.15, 0.2) is 0 Å². The molecular formula is C14H17N3O. The van der Waals surface area contributed by atoms with Gasteiger partial charge in [-0.2, -0.15) is 0 Å². The predicted molar refractivity (Wildman–Crippen MR) is 73.4 cm³/mol. The number of nitrogen functional groups attached to an aromatic ring is 1. The first-order chi connectivity index (χ1) is 8.36. The summed E-state index contributed by atoms with van der Waals surface area (Å²) in [5.74, 6) is 0.674. The van der Waals surface area contributed by atoms with E-state index in [9.17, 15) is 4.79 Å². The van der Waals surface area contributed by atoms with E-state index in [1.165, 1.54) is 6.07 Å². The molecular weight excluding hydrogens is 226 g/mol. The summed E-state index contributed by atoms with van der Waals surface area (Å²) in [7, 11) is 0. The summed E-state index contributed by atoms with van der Waals surface area (Å²) in [6.45, 7) is 6.03. The van der Waals surface area contributed by atoms with Crippen molar-refractivity contribution >= 4 is 5.69 Å². The standard InChI is InChI=1S/C14H17N3O/c1-14(2,3)13-16-11(8-12(18)17-13)9-5-4-6-10(15)7-9/h4-8H,15H2,1-3H3,(H,16,17,18). The average molecular weight is 243 g/mol. The second-order valence-electron chi connectivity index (χ2n) is 5.35. The Kier molecular flexibility index (Phi) is 2.95. The first-order valence-corrected chi connectivity index (χ1v) is 5.84. The maximum atomic E-state index is 11.7. The van der Waals surface area contributed by atoms with E-state index in [0.717, 1.165) is 5.56 Å². The lowest BCUT2D eigenvalue weighted by Gasteiger charge is -2.17. The lowest BCUT2D eigenvalue weighted by Crippen LogP contribution is -2.21. The highest BCUT2D eigenvalue weighted by molar-refractivity contribution is 5.63. The monoisotopic (exact) mass is 243 g/mol. The molecule has 0 saturated heterocycles. The van der Waals surface area contributed by atoms with Crippen molar-refractivity contribution in [2.75, 3.05) is 5.73 Å². The first kappa shape index (κ1) is 12.4. The van der Waals surface area contributed by atoms with Gasteiger partial charge < -0.3 is 10.7 Å². The number of aromatic nitrogens is 2. The molecule has 2 aromatic rings. The van der Waals surface area contributed by atoms with Crippen LogP contribution in [0.3, 0.4) is 0 Å². The van der Waals surface area contributed by atoms with Crippen LogP contribution in [0.15, 0.2) is 35.1 Å². The third-order valence-corrected chi connectivity index (χ3v) is 2.63. The summed E-state index contributed by atoms with van der Waals surface area (Å²) in [6.07, 6.45) is 0. The number of nitrogens with zero attached hydrogens (tertiary/aromatic N) is 1. The van der Waals surface area contributed by atoms with Crippen molar-refractivity contribution in [3.8, 4) is 11.3 Å². The van der Waals surface area contributed by atoms with Crippen molar-refractivity contribution < 1.29 is 0 Å². The number of H-pyrrole nitrogens is 1. The Bertz CT molecular complexity index is 623. The Balaban J connectivity index is 2.59. The van der Waals surface area contributed by atoms with Crippen molar-refractivity contribution in [2.24, 2.45) is 0 Å². The minimum Gasteiger partial charge on any atom is -0.399 e. The topological polar surface area (TPSA) is 71.8 Å². The summed E-state index contributed by atoms with van der Waals surface area (Å²) in [6, 6.07) is 8.86. The molecule has 1 heterocycles. The maximum Gasteiger partial charge on any atom is 0.251 e. The van der Waals surface area contributed by atoms with Gasteiger partial charge in [-0.15, -0.1) is 0 Å². The number of rotatable bonds is 1. The van der Waals surface area contributed by atoms with Crippen LogP contribution in [-0.2, 0) is 5.41 Å². The molecule has 4 nitrogen and oxygen atoms in total. The van der Waals surface area contributed by atoms with Crippen molar-refractivity contribution in [1.29, 1.82) is 0 Å². The van der Waals surface area contributed by atoms with Crippen LogP contribution < -0.4 is 11.3 Å². The molecule has 4 heteroatoms. The van der Waals surface area contributed by atoms with Gasteiger partial charge in [-0.3, -0.25) is 4.79 Å². The van der Waals surface area contributed by atoms with E-state index in [4.69, 9.17) is 5.73 Å². The van der Waals surface area contributed by atoms with Gasteiger partial charge in [-0.05, 0) is 12.1 Å². The third kappa shape index (κ3) is 2.59. The lowest BCUT2D eigenvalue weighted by molar-refractivity contribution is 0.543. The number of hydrogen-bond donors (Lipinski definition) is 2. The highest BCUT2D eigenvalue weighted by Gasteiger charge is 2.17. The Morgan fingerprint density at radius 2 is 1.94 bits per heavy atom. The Morgan fingerprint density at radius 3 is 2.56 bits per heavy atom. The molecule has 0 aliphatic carbocycles. The Labute approximate surface area is 106 Å². The van der Waals surface area contributed by atoms with Gasteiger partial charge in [-0.1, -0.05) is 32.9 Å². The highest BCUT2D eigenvalue weighted by Crippen LogP contribution is 2.22. The molecule has 0 saturated carbocycles. The summed E-state index contributed by atoms with van der Waals surface area (Å²) in [5.41, 5.74) is 7.56. The van der Waals surface area contributed by atoms with Crippen molar-refractivity contribution in [3.05, 3.63) is 46.5 Å². The highest BCUT2D eigenvalue weighted by atomic mass is 16.1. The van der Waals surface area contributed by atoms with E-state index >= 15 is 0 Å². The van der Waals surface area contributed by atoms with Gasteiger partial charge >= 0.3 is 0 Å². The van der Waals surface area contributed by atoms with Gasteiger partial charge in [0.1, 0.15) is 5.82 Å². The van der Waals surface area contributed by atoms with Crippen molar-refractivity contribution in [2.45, 2.75) is 26.2 Å². The number of hydrogen-bond acceptors (Lipinski definition) is 3. The molecule has 0 atom stereocenters. The summed E-state index contributed by atoms with van der Waals surface area (Å²) >= 11 is 0. The van der Waals surface area contributed by atoms with Crippen molar-refractivity contribution in [1.82, 2.24) is 9.97 Å². The van der Waals surface area contributed by atoms with Crippen LogP contribution in [0.1, 0.15) is 26.6 Å². The van der Waals surface area contributed by atoms with Crippen LogP contribution in [0, 0.1) is 0 Å². The number of anilines is 1. The van der Waals surface area contributed by atoms with Crippen LogP contribution >= 0.6 is 0 Å². The lowest BCUT2D eigenvalue weighted by atomic mass is 9.95. The largest absolute Gasteiger partial charge is 0.399 e. The molecule has 0 radical (unpaired) electrons. The van der Waals surface area contributed by atoms with Gasteiger partial charge in [0.25, 0.3) is 5.56 Å². The molecule has 1 aromatic heterocycles. The molecule has 0 spiro atoms. The van der Waals surface area contributed by atoms with Crippen LogP contribution in [-0.4, -0.2) is 9.97 Å². The van der Waals surface area contributed by atoms with E-state index in [0.29, 0.717) is 17.2 Å². The normalized spacial score (nSPS) is 11.5. The van der Waals surface area contributed by atoms with Gasteiger partial charge in [0, 0.05) is 22.7 Å². The molecule has 18 heavy (non-hydrogen) atoms. The number of benzene rings is 1. The zero-order valence-electron chi connectivity index (χ0n) is 10.8. The molecule has 0 unspecified atom stereocenters. The fourth-order valence-electron chi connectivity index (χ4n) is 1.66. The Morgan fingerprint density at radius 1 is 1.22 bits per heavy atom. The molecule has 0 aliphatic rings. The Hall–Kier alpha value is -2.10. The molecule has 0 amide bonds. The molecule has 0 bridgehead atoms. The number of nitrogens with one attached hydrogen (secondary N) is 1. The fourth-order valence-corrected chi connectivity index (χ4v) is 1.66. The van der Waals surface area contributed by atoms with E-state index < -0.39 is 0 Å². The second-order valence-corrected chi connectivity index (χ2v) is 5.35. The smallest absolute Gasteiger partial charge is 0.251 e. The van der Waals surface area contributed by atoms with E-state index in [2.05, 4.69) is 9.97 Å². The summed E-state index contributed by atoms with van der Waals surface area (Å²) in [5, 5.41) is 0. The second kappa shape index (κ2) is 4.29. The number of nitrogens with two attached hydrogens (primary N) is 1. The van der Waals surface area contributed by atoms with Gasteiger partial charge in [0.05, 0.1) is 5.69 Å². The minimum absolute atomic E-state index is 0.146. The predicted octanol–water partition coefficient (Wildman–Crippen LogP) is 2.32. The van der Waals surface area contributed by atoms with Crippen LogP contribution in [0.2, 0.25) is 0 Å². The maximum absolute atomic E-state index is 11.7. The molecule has 2 rings (SSSR count). The van der Waals surface area contributed by atoms with Crippen LogP contribution in [0.25, 0.3) is 11.3 Å². The van der Waals surface area contributed by atoms with Crippen LogP contribution in [0.5, 0.6) is 0 Å². The first-order valence-electron chi connectivity index (χ1n) is 5.84. The zero-order chi connectivity index (χ0) is 13.3. The number of aromatic amines is 1. The summed E-state index contributed by atoms with van der Waals surface area (Å²) in [4.78, 5) is 19.0. The fraction of sp³-hybridized carbons (Fsp3) is 0.286. The molecule has 0 aliphatic heterocycles. The SMILES string of the molecule is CC(C)(C)c1nc(-c2cccc(N)c2)cc(=O)[nH]1. The third-order valence-electron chi connectivity index (χ3n) is 2.63. The zero-order valence-corrected chi connectivity index (χ0v) is 10.8. The van der Waals surface area contributed by atoms with E-state index in [1.807, 2.05) is 39.0 Å². The van der Waals surface area contributed by atoms with Crippen LogP contribution in [0.4, 0.5) is 5.69 Å². The minimum atomic E-state index is -0.199. The van der Waals surface area contributed by atoms with Gasteiger partial charge in [0.2, 0.25) is 0 Å². The van der Waals surface area contributed by atoms with E-state index in [1.54, 1.807) is 6.07 Å². The molecule has 0 fully saturated rings. The van der Waals surface area contributed by atoms with E-state index in [-0.39, 0.29) is 11.0 Å². The molecule has 1 aromatic carbocycles. The quantitative estimate of drug-likeness (QED) is 0.755. The molecule has 94 valence electrons. The van der Waals surface area contributed by atoms with Gasteiger partial charge in [-0.25, -0.2) is 4.98 Å². The van der Waals surface area contributed by atoms with Crippen molar-refractivity contribution in [3.63, 3.8) is 0 Å². The summed E-state index contributed by atoms with van der Waals surface area (Å²) < 4.78 is 0. The molecule has 3 N–H and O–H groups in total. The average Bonchev–Trinajstić information content (AvgIpc) is 2.27.